The largest absolute Gasteiger partial charge is 0.419 e. The van der Waals surface area contributed by atoms with Crippen LogP contribution in [0.4, 0.5) is 5.69 Å². The van der Waals surface area contributed by atoms with E-state index in [0.29, 0.717) is 30.7 Å². The van der Waals surface area contributed by atoms with Gasteiger partial charge < -0.3 is 10.2 Å². The molecule has 1 aromatic carbocycles. The van der Waals surface area contributed by atoms with Crippen molar-refractivity contribution in [2.24, 2.45) is 0 Å². The third kappa shape index (κ3) is 1.77. The van der Waals surface area contributed by atoms with E-state index in [2.05, 4.69) is 0 Å². The van der Waals surface area contributed by atoms with Crippen LogP contribution in [-0.4, -0.2) is 4.57 Å². The van der Waals surface area contributed by atoms with Crippen molar-refractivity contribution in [3.63, 3.8) is 0 Å². The van der Waals surface area contributed by atoms with E-state index < -0.39 is 5.76 Å². The first-order valence-corrected chi connectivity index (χ1v) is 4.98. The average molecular weight is 217 g/mol. The zero-order valence-electron chi connectivity index (χ0n) is 8.64. The number of rotatable bonds is 3. The summed E-state index contributed by atoms with van der Waals surface area (Å²) in [5.41, 5.74) is 7.36. The van der Waals surface area contributed by atoms with Gasteiger partial charge in [-0.15, -0.1) is 0 Å². The van der Waals surface area contributed by atoms with Crippen molar-refractivity contribution < 1.29 is 4.42 Å². The second-order valence-electron chi connectivity index (χ2n) is 3.51. The Morgan fingerprint density at radius 3 is 3.06 bits per heavy atom. The highest BCUT2D eigenvalue weighted by molar-refractivity contribution is 5.76. The van der Waals surface area contributed by atoms with Gasteiger partial charge in [-0.2, -0.15) is 5.26 Å². The van der Waals surface area contributed by atoms with Crippen molar-refractivity contribution in [1.29, 1.82) is 5.26 Å². The average Bonchev–Trinajstić information content (AvgIpc) is 2.55. The summed E-state index contributed by atoms with van der Waals surface area (Å²) in [5, 5.41) is 8.44. The van der Waals surface area contributed by atoms with E-state index in [1.165, 1.54) is 4.57 Å². The molecule has 0 saturated carbocycles. The molecule has 2 rings (SSSR count). The number of benzene rings is 1. The van der Waals surface area contributed by atoms with Crippen molar-refractivity contribution in [2.75, 3.05) is 5.73 Å². The molecule has 0 spiro atoms. The molecular weight excluding hydrogens is 206 g/mol. The van der Waals surface area contributed by atoms with Crippen LogP contribution in [0.5, 0.6) is 0 Å². The fraction of sp³-hybridized carbons (Fsp3) is 0.273. The van der Waals surface area contributed by atoms with Crippen molar-refractivity contribution in [3.05, 3.63) is 28.7 Å². The van der Waals surface area contributed by atoms with Gasteiger partial charge in [0.15, 0.2) is 5.58 Å². The summed E-state index contributed by atoms with van der Waals surface area (Å²) in [6.45, 7) is 0.489. The Hall–Kier alpha value is -2.22. The number of nitrogen functional groups attached to an aromatic ring is 1. The number of hydrogen-bond acceptors (Lipinski definition) is 4. The SMILES string of the molecule is N#CCCCn1c(=O)oc2cc(N)ccc21. The maximum Gasteiger partial charge on any atom is 0.419 e. The lowest BCUT2D eigenvalue weighted by Crippen LogP contribution is -2.13. The molecular formula is C11H11N3O2. The molecule has 0 atom stereocenters. The van der Waals surface area contributed by atoms with Crippen LogP contribution in [0.25, 0.3) is 11.1 Å². The van der Waals surface area contributed by atoms with Gasteiger partial charge in [0.05, 0.1) is 11.6 Å². The second-order valence-corrected chi connectivity index (χ2v) is 3.51. The van der Waals surface area contributed by atoms with Gasteiger partial charge in [0, 0.05) is 24.7 Å². The number of fused-ring (bicyclic) bond motifs is 1. The van der Waals surface area contributed by atoms with E-state index in [0.717, 1.165) is 5.52 Å². The minimum absolute atomic E-state index is 0.404. The highest BCUT2D eigenvalue weighted by atomic mass is 16.4. The Bertz CT molecular complexity index is 604. The summed E-state index contributed by atoms with van der Waals surface area (Å²) < 4.78 is 6.58. The molecule has 5 nitrogen and oxygen atoms in total. The molecule has 0 unspecified atom stereocenters. The molecule has 0 aliphatic rings. The number of nitriles is 1. The summed E-state index contributed by atoms with van der Waals surface area (Å²) in [6.07, 6.45) is 1.06. The summed E-state index contributed by atoms with van der Waals surface area (Å²) in [6, 6.07) is 7.14. The number of aryl methyl sites for hydroxylation is 1. The fourth-order valence-electron chi connectivity index (χ4n) is 1.61. The number of oxazole rings is 1. The van der Waals surface area contributed by atoms with Crippen LogP contribution in [0.15, 0.2) is 27.4 Å². The van der Waals surface area contributed by atoms with Crippen LogP contribution in [-0.2, 0) is 6.54 Å². The van der Waals surface area contributed by atoms with Gasteiger partial charge in [0.1, 0.15) is 0 Å². The van der Waals surface area contributed by atoms with Gasteiger partial charge >= 0.3 is 5.76 Å². The van der Waals surface area contributed by atoms with Gasteiger partial charge in [-0.05, 0) is 18.6 Å². The van der Waals surface area contributed by atoms with Crippen LogP contribution >= 0.6 is 0 Å². The molecule has 2 aromatic rings. The van der Waals surface area contributed by atoms with Crippen molar-refractivity contribution in [3.8, 4) is 6.07 Å². The molecule has 0 aliphatic heterocycles. The highest BCUT2D eigenvalue weighted by Gasteiger charge is 2.08. The first-order valence-electron chi connectivity index (χ1n) is 4.98. The maximum absolute atomic E-state index is 11.5. The quantitative estimate of drug-likeness (QED) is 0.623. The van der Waals surface area contributed by atoms with Crippen molar-refractivity contribution >= 4 is 16.8 Å². The third-order valence-corrected chi connectivity index (χ3v) is 2.36. The minimum Gasteiger partial charge on any atom is -0.408 e. The molecule has 82 valence electrons. The predicted octanol–water partition coefficient (Wildman–Crippen LogP) is 1.48. The van der Waals surface area contributed by atoms with E-state index in [4.69, 9.17) is 15.4 Å². The molecule has 5 heteroatoms. The van der Waals surface area contributed by atoms with Crippen LogP contribution in [0, 0.1) is 11.3 Å². The summed E-state index contributed by atoms with van der Waals surface area (Å²) in [7, 11) is 0. The van der Waals surface area contributed by atoms with E-state index in [1.807, 2.05) is 6.07 Å². The normalized spacial score (nSPS) is 10.4. The zero-order valence-corrected chi connectivity index (χ0v) is 8.64. The Labute approximate surface area is 91.7 Å². The molecule has 0 aliphatic carbocycles. The Balaban J connectivity index is 2.41. The van der Waals surface area contributed by atoms with E-state index in [9.17, 15) is 4.79 Å². The Morgan fingerprint density at radius 1 is 1.50 bits per heavy atom. The van der Waals surface area contributed by atoms with Crippen molar-refractivity contribution in [2.45, 2.75) is 19.4 Å². The standard InChI is InChI=1S/C11H11N3O2/c12-5-1-2-6-14-9-4-3-8(13)7-10(9)16-11(14)15/h3-4,7H,1-2,6,13H2. The molecule has 0 bridgehead atoms. The fourth-order valence-corrected chi connectivity index (χ4v) is 1.61. The molecule has 0 fully saturated rings. The molecule has 2 N–H and O–H groups in total. The first kappa shape index (κ1) is 10.3. The number of nitrogens with two attached hydrogens (primary N) is 1. The first-order chi connectivity index (χ1) is 7.72. The van der Waals surface area contributed by atoms with E-state index in [1.54, 1.807) is 18.2 Å². The third-order valence-electron chi connectivity index (χ3n) is 2.36. The number of unbranched alkanes of at least 4 members (excludes halogenated alkanes) is 1. The smallest absolute Gasteiger partial charge is 0.408 e. The predicted molar refractivity (Wildman–Crippen MR) is 59.7 cm³/mol. The van der Waals surface area contributed by atoms with Gasteiger partial charge in [-0.25, -0.2) is 4.79 Å². The topological polar surface area (TPSA) is 85.0 Å². The Kier molecular flexibility index (Phi) is 2.64. The zero-order chi connectivity index (χ0) is 11.5. The number of anilines is 1. The molecule has 1 aromatic heterocycles. The molecule has 1 heterocycles. The van der Waals surface area contributed by atoms with E-state index in [-0.39, 0.29) is 0 Å². The van der Waals surface area contributed by atoms with Gasteiger partial charge in [0.2, 0.25) is 0 Å². The molecule has 0 radical (unpaired) electrons. The molecule has 16 heavy (non-hydrogen) atoms. The van der Waals surface area contributed by atoms with Gasteiger partial charge in [0.25, 0.3) is 0 Å². The summed E-state index contributed by atoms with van der Waals surface area (Å²) >= 11 is 0. The van der Waals surface area contributed by atoms with Crippen LogP contribution in [0.3, 0.4) is 0 Å². The van der Waals surface area contributed by atoms with Crippen LogP contribution in [0.2, 0.25) is 0 Å². The van der Waals surface area contributed by atoms with Crippen LogP contribution in [0.1, 0.15) is 12.8 Å². The maximum atomic E-state index is 11.5. The Morgan fingerprint density at radius 2 is 2.31 bits per heavy atom. The second kappa shape index (κ2) is 4.11. The lowest BCUT2D eigenvalue weighted by Gasteiger charge is -1.99. The minimum atomic E-state index is -0.404. The summed E-state index contributed by atoms with van der Waals surface area (Å²) in [5.74, 6) is -0.404. The molecule has 0 saturated heterocycles. The van der Waals surface area contributed by atoms with Gasteiger partial charge in [-0.1, -0.05) is 0 Å². The lowest BCUT2D eigenvalue weighted by molar-refractivity contribution is 0.499. The highest BCUT2D eigenvalue weighted by Crippen LogP contribution is 2.16. The monoisotopic (exact) mass is 217 g/mol. The number of aromatic nitrogens is 1. The number of nitrogens with zero attached hydrogens (tertiary/aromatic N) is 2. The van der Waals surface area contributed by atoms with Crippen LogP contribution < -0.4 is 11.5 Å². The number of hydrogen-bond donors (Lipinski definition) is 1. The molecule has 0 amide bonds. The van der Waals surface area contributed by atoms with E-state index >= 15 is 0 Å². The van der Waals surface area contributed by atoms with Crippen molar-refractivity contribution in [1.82, 2.24) is 4.57 Å². The summed E-state index contributed by atoms with van der Waals surface area (Å²) in [4.78, 5) is 11.5. The lowest BCUT2D eigenvalue weighted by atomic mass is 10.3. The van der Waals surface area contributed by atoms with Gasteiger partial charge in [-0.3, -0.25) is 4.57 Å².